The Hall–Kier alpha value is -0.490. The van der Waals surface area contributed by atoms with Crippen LogP contribution in [0.3, 0.4) is 0 Å². The number of hydrogen-bond donors (Lipinski definition) is 1. The molecule has 1 saturated heterocycles. The lowest BCUT2D eigenvalue weighted by atomic mass is 10.1. The van der Waals surface area contributed by atoms with E-state index in [1.54, 1.807) is 6.92 Å². The van der Waals surface area contributed by atoms with Crippen LogP contribution >= 0.6 is 12.4 Å². The van der Waals surface area contributed by atoms with Gasteiger partial charge in [-0.1, -0.05) is 0 Å². The molecule has 1 aliphatic heterocycles. The van der Waals surface area contributed by atoms with Crippen LogP contribution < -0.4 is 5.32 Å². The average Bonchev–Trinajstić information content (AvgIpc) is 2.15. The highest BCUT2D eigenvalue weighted by atomic mass is 35.5. The van der Waals surface area contributed by atoms with Crippen molar-refractivity contribution in [2.45, 2.75) is 26.1 Å². The van der Waals surface area contributed by atoms with Gasteiger partial charge < -0.3 is 10.2 Å². The molecule has 0 bridgehead atoms. The molecule has 1 heterocycles. The standard InChI is InChI=1S/C9H15F3N2O.ClH/c1-6-5-13-3-4-14(6)8(15)7(2)9(10,11)12;/h6-7,13H,3-5H2,1-2H3;1H/t6-,7?;/m1./s1. The minimum absolute atomic E-state index is 0. The van der Waals surface area contributed by atoms with Crippen molar-refractivity contribution < 1.29 is 18.0 Å². The number of alkyl halides is 3. The molecule has 1 rings (SSSR count). The Morgan fingerprint density at radius 3 is 2.50 bits per heavy atom. The van der Waals surface area contributed by atoms with Crippen LogP contribution in [0.5, 0.6) is 0 Å². The molecule has 1 fully saturated rings. The van der Waals surface area contributed by atoms with E-state index in [9.17, 15) is 18.0 Å². The normalized spacial score (nSPS) is 23.6. The summed E-state index contributed by atoms with van der Waals surface area (Å²) < 4.78 is 37.0. The second-order valence-electron chi connectivity index (χ2n) is 3.85. The first-order chi connectivity index (χ1) is 6.84. The molecule has 7 heteroatoms. The van der Waals surface area contributed by atoms with Crippen molar-refractivity contribution in [1.29, 1.82) is 0 Å². The van der Waals surface area contributed by atoms with Crippen LogP contribution in [-0.4, -0.2) is 42.7 Å². The Labute approximate surface area is 98.8 Å². The molecule has 3 nitrogen and oxygen atoms in total. The number of hydrogen-bond acceptors (Lipinski definition) is 2. The van der Waals surface area contributed by atoms with Crippen molar-refractivity contribution in [1.82, 2.24) is 10.2 Å². The van der Waals surface area contributed by atoms with E-state index in [0.717, 1.165) is 6.92 Å². The summed E-state index contributed by atoms with van der Waals surface area (Å²) in [7, 11) is 0. The van der Waals surface area contributed by atoms with Crippen LogP contribution in [0.15, 0.2) is 0 Å². The van der Waals surface area contributed by atoms with E-state index in [-0.39, 0.29) is 18.4 Å². The maximum absolute atomic E-state index is 12.3. The van der Waals surface area contributed by atoms with E-state index >= 15 is 0 Å². The third kappa shape index (κ3) is 3.52. The van der Waals surface area contributed by atoms with Gasteiger partial charge in [-0.15, -0.1) is 12.4 Å². The number of nitrogens with zero attached hydrogens (tertiary/aromatic N) is 1. The number of nitrogens with one attached hydrogen (secondary N) is 1. The zero-order chi connectivity index (χ0) is 11.6. The fourth-order valence-corrected chi connectivity index (χ4v) is 1.56. The molecule has 2 atom stereocenters. The van der Waals surface area contributed by atoms with Gasteiger partial charge in [-0.05, 0) is 13.8 Å². The number of halogens is 4. The maximum atomic E-state index is 12.3. The highest BCUT2D eigenvalue weighted by Crippen LogP contribution is 2.28. The fraction of sp³-hybridized carbons (Fsp3) is 0.889. The minimum Gasteiger partial charge on any atom is -0.337 e. The van der Waals surface area contributed by atoms with E-state index < -0.39 is 18.0 Å². The molecule has 0 spiro atoms. The smallest absolute Gasteiger partial charge is 0.337 e. The molecule has 1 aliphatic rings. The topological polar surface area (TPSA) is 32.3 Å². The quantitative estimate of drug-likeness (QED) is 0.774. The number of rotatable bonds is 1. The molecule has 1 unspecified atom stereocenters. The van der Waals surface area contributed by atoms with Crippen molar-refractivity contribution >= 4 is 18.3 Å². The van der Waals surface area contributed by atoms with Gasteiger partial charge in [0.05, 0.1) is 0 Å². The van der Waals surface area contributed by atoms with Crippen LogP contribution in [0.4, 0.5) is 13.2 Å². The Bertz CT molecular complexity index is 247. The van der Waals surface area contributed by atoms with E-state index in [1.165, 1.54) is 4.90 Å². The van der Waals surface area contributed by atoms with Crippen LogP contribution in [0, 0.1) is 5.92 Å². The van der Waals surface area contributed by atoms with Gasteiger partial charge >= 0.3 is 6.18 Å². The Morgan fingerprint density at radius 2 is 2.06 bits per heavy atom. The summed E-state index contributed by atoms with van der Waals surface area (Å²) in [4.78, 5) is 12.8. The SMILES string of the molecule is CC(C(=O)N1CCNC[C@H]1C)C(F)(F)F.Cl. The second-order valence-corrected chi connectivity index (χ2v) is 3.85. The first-order valence-corrected chi connectivity index (χ1v) is 4.92. The largest absolute Gasteiger partial charge is 0.400 e. The maximum Gasteiger partial charge on any atom is 0.400 e. The molecule has 1 N–H and O–H groups in total. The lowest BCUT2D eigenvalue weighted by molar-refractivity contribution is -0.187. The van der Waals surface area contributed by atoms with Gasteiger partial charge in [0.15, 0.2) is 0 Å². The van der Waals surface area contributed by atoms with E-state index in [4.69, 9.17) is 0 Å². The van der Waals surface area contributed by atoms with Crippen molar-refractivity contribution in [3.63, 3.8) is 0 Å². The molecule has 0 radical (unpaired) electrons. The first-order valence-electron chi connectivity index (χ1n) is 4.92. The summed E-state index contributed by atoms with van der Waals surface area (Å²) in [6.07, 6.45) is -4.44. The lowest BCUT2D eigenvalue weighted by Gasteiger charge is -2.36. The molecule has 0 aromatic carbocycles. The van der Waals surface area contributed by atoms with Crippen molar-refractivity contribution in [3.05, 3.63) is 0 Å². The average molecular weight is 261 g/mol. The minimum atomic E-state index is -4.44. The molecule has 0 aromatic rings. The second kappa shape index (κ2) is 5.72. The van der Waals surface area contributed by atoms with Gasteiger partial charge in [0.25, 0.3) is 0 Å². The molecule has 0 aromatic heterocycles. The van der Waals surface area contributed by atoms with E-state index in [0.29, 0.717) is 19.6 Å². The molecular formula is C9H16ClF3N2O. The molecule has 0 saturated carbocycles. The fourth-order valence-electron chi connectivity index (χ4n) is 1.56. The van der Waals surface area contributed by atoms with Crippen LogP contribution in [0.2, 0.25) is 0 Å². The third-order valence-corrected chi connectivity index (χ3v) is 2.65. The molecular weight excluding hydrogens is 245 g/mol. The van der Waals surface area contributed by atoms with Gasteiger partial charge in [-0.2, -0.15) is 13.2 Å². The van der Waals surface area contributed by atoms with Crippen molar-refractivity contribution in [2.24, 2.45) is 5.92 Å². The summed E-state index contributed by atoms with van der Waals surface area (Å²) in [6.45, 7) is 4.11. The molecule has 0 aliphatic carbocycles. The zero-order valence-electron chi connectivity index (χ0n) is 9.17. The number of piperazine rings is 1. The van der Waals surface area contributed by atoms with Gasteiger partial charge in [0, 0.05) is 25.7 Å². The molecule has 1 amide bonds. The predicted octanol–water partition coefficient (Wildman–Crippen LogP) is 1.43. The Morgan fingerprint density at radius 1 is 1.50 bits per heavy atom. The van der Waals surface area contributed by atoms with E-state index in [2.05, 4.69) is 5.32 Å². The highest BCUT2D eigenvalue weighted by molar-refractivity contribution is 5.85. The molecule has 16 heavy (non-hydrogen) atoms. The summed E-state index contributed by atoms with van der Waals surface area (Å²) in [6, 6.07) is -0.170. The highest BCUT2D eigenvalue weighted by Gasteiger charge is 2.43. The van der Waals surface area contributed by atoms with Crippen LogP contribution in [0.25, 0.3) is 0 Å². The van der Waals surface area contributed by atoms with Gasteiger partial charge in [0.1, 0.15) is 5.92 Å². The Kier molecular flexibility index (Phi) is 5.55. The van der Waals surface area contributed by atoms with Crippen molar-refractivity contribution in [2.75, 3.05) is 19.6 Å². The van der Waals surface area contributed by atoms with Gasteiger partial charge in [0.2, 0.25) is 5.91 Å². The summed E-state index contributed by atoms with van der Waals surface area (Å²) in [5.74, 6) is -2.73. The monoisotopic (exact) mass is 260 g/mol. The number of amides is 1. The summed E-state index contributed by atoms with van der Waals surface area (Å²) in [5, 5.41) is 3.02. The Balaban J connectivity index is 0.00000225. The number of carbonyl (C=O) groups is 1. The van der Waals surface area contributed by atoms with Gasteiger partial charge in [-0.3, -0.25) is 4.79 Å². The summed E-state index contributed by atoms with van der Waals surface area (Å²) >= 11 is 0. The lowest BCUT2D eigenvalue weighted by Crippen LogP contribution is -2.55. The van der Waals surface area contributed by atoms with E-state index in [1.807, 2.05) is 0 Å². The predicted molar refractivity (Wildman–Crippen MR) is 56.5 cm³/mol. The number of carbonyl (C=O) groups excluding carboxylic acids is 1. The van der Waals surface area contributed by atoms with Crippen molar-refractivity contribution in [3.8, 4) is 0 Å². The zero-order valence-corrected chi connectivity index (χ0v) is 9.99. The van der Waals surface area contributed by atoms with Crippen LogP contribution in [-0.2, 0) is 4.79 Å². The molecule has 96 valence electrons. The van der Waals surface area contributed by atoms with Gasteiger partial charge in [-0.25, -0.2) is 0 Å². The summed E-state index contributed by atoms with van der Waals surface area (Å²) in [5.41, 5.74) is 0. The van der Waals surface area contributed by atoms with Crippen LogP contribution in [0.1, 0.15) is 13.8 Å². The first kappa shape index (κ1) is 15.5. The third-order valence-electron chi connectivity index (χ3n) is 2.65.